The number of rotatable bonds is 10. The molecule has 0 unspecified atom stereocenters. The van der Waals surface area contributed by atoms with Gasteiger partial charge in [0.15, 0.2) is 0 Å². The summed E-state index contributed by atoms with van der Waals surface area (Å²) in [5.74, 6) is 0. The van der Waals surface area contributed by atoms with Crippen LogP contribution in [0.3, 0.4) is 0 Å². The number of anilines is 6. The fourth-order valence-electron chi connectivity index (χ4n) is 12.2. The lowest BCUT2D eigenvalue weighted by Gasteiger charge is -2.29. The molecule has 0 saturated carbocycles. The van der Waals surface area contributed by atoms with E-state index in [0.29, 0.717) is 0 Å². The molecule has 0 bridgehead atoms. The lowest BCUT2D eigenvalue weighted by molar-refractivity contribution is 1.30. The Labute approximate surface area is 470 Å². The van der Waals surface area contributed by atoms with Gasteiger partial charge >= 0.3 is 0 Å². The van der Waals surface area contributed by atoms with Gasteiger partial charge in [0.05, 0.1) is 22.4 Å². The van der Waals surface area contributed by atoms with Gasteiger partial charge in [-0.2, -0.15) is 0 Å². The zero-order valence-corrected chi connectivity index (χ0v) is 44.8. The van der Waals surface area contributed by atoms with Crippen molar-refractivity contribution in [3.05, 3.63) is 279 Å². The molecule has 4 heterocycles. The van der Waals surface area contributed by atoms with E-state index in [-0.39, 0.29) is 0 Å². The molecule has 4 nitrogen and oxygen atoms in total. The van der Waals surface area contributed by atoms with Crippen LogP contribution in [0.4, 0.5) is 34.1 Å². The highest BCUT2D eigenvalue weighted by Crippen LogP contribution is 2.52. The van der Waals surface area contributed by atoms with Crippen molar-refractivity contribution in [3.63, 3.8) is 0 Å². The molecule has 12 aromatic carbocycles. The van der Waals surface area contributed by atoms with Gasteiger partial charge in [0.25, 0.3) is 0 Å². The molecular formula is C74H46N4S2. The van der Waals surface area contributed by atoms with Crippen molar-refractivity contribution in [3.8, 4) is 43.1 Å². The van der Waals surface area contributed by atoms with Gasteiger partial charge in [0, 0.05) is 97.7 Å². The van der Waals surface area contributed by atoms with Crippen LogP contribution in [0.25, 0.3) is 117 Å². The molecule has 80 heavy (non-hydrogen) atoms. The molecular weight excluding hydrogens is 1010 g/mol. The Morgan fingerprint density at radius 3 is 1.05 bits per heavy atom. The maximum absolute atomic E-state index is 4.88. The second kappa shape index (κ2) is 18.9. The van der Waals surface area contributed by atoms with Crippen LogP contribution in [0.5, 0.6) is 0 Å². The van der Waals surface area contributed by atoms with Gasteiger partial charge in [0.2, 0.25) is 0 Å². The number of nitrogens with zero attached hydrogens (tertiary/aromatic N) is 4. The van der Waals surface area contributed by atoms with Gasteiger partial charge in [0.1, 0.15) is 0 Å². The first-order valence-corrected chi connectivity index (χ1v) is 28.7. The first-order valence-electron chi connectivity index (χ1n) is 27.0. The van der Waals surface area contributed by atoms with E-state index in [0.717, 1.165) is 55.9 Å². The number of fused-ring (bicyclic) bond motifs is 4. The van der Waals surface area contributed by atoms with Crippen molar-refractivity contribution in [1.82, 2.24) is 9.97 Å². The predicted molar refractivity (Wildman–Crippen MR) is 343 cm³/mol. The summed E-state index contributed by atoms with van der Waals surface area (Å²) < 4.78 is 2.45. The van der Waals surface area contributed by atoms with Crippen molar-refractivity contribution < 1.29 is 0 Å². The molecule has 0 saturated heterocycles. The van der Waals surface area contributed by atoms with E-state index in [1.807, 2.05) is 47.2 Å². The standard InChI is InChI=1S/C74H46N4S2/c1-5-15-49(16-6-1)71-61-37-33-57(45-67(61)79-73(71)53-19-9-3-10-20-53)77(55-31-25-47-23-13-41-75-63(47)43-55)65-39-29-51-28-36-60-66(40-30-52-27-35-59(65)69(51)70(52)60)78(56-32-26-48-24-14-42-76-64(48)44-56)58-34-38-62-68(46-58)80-74(54-21-11-4-12-22-54)72(62)50-17-7-2-8-18-50/h1-46H. The molecule has 0 N–H and O–H groups in total. The van der Waals surface area contributed by atoms with Crippen LogP contribution in [0, 0.1) is 0 Å². The van der Waals surface area contributed by atoms with Crippen LogP contribution in [-0.2, 0) is 0 Å². The Morgan fingerprint density at radius 2 is 0.625 bits per heavy atom. The van der Waals surface area contributed by atoms with Crippen LogP contribution >= 0.6 is 22.7 Å². The van der Waals surface area contributed by atoms with Gasteiger partial charge in [-0.3, -0.25) is 9.97 Å². The molecule has 374 valence electrons. The lowest BCUT2D eigenvalue weighted by Crippen LogP contribution is -2.11. The van der Waals surface area contributed by atoms with Crippen molar-refractivity contribution >= 4 is 131 Å². The second-order valence-electron chi connectivity index (χ2n) is 20.5. The van der Waals surface area contributed by atoms with E-state index in [2.05, 4.69) is 265 Å². The lowest BCUT2D eigenvalue weighted by atomic mass is 9.91. The summed E-state index contributed by atoms with van der Waals surface area (Å²) >= 11 is 3.72. The molecule has 0 aliphatic heterocycles. The molecule has 0 aliphatic carbocycles. The van der Waals surface area contributed by atoms with Gasteiger partial charge in [-0.15, -0.1) is 22.7 Å². The summed E-state index contributed by atoms with van der Waals surface area (Å²) in [6, 6.07) is 97.6. The molecule has 0 spiro atoms. The van der Waals surface area contributed by atoms with Crippen LogP contribution in [-0.4, -0.2) is 9.97 Å². The Balaban J connectivity index is 0.912. The van der Waals surface area contributed by atoms with E-state index in [1.165, 1.54) is 95.6 Å². The summed E-state index contributed by atoms with van der Waals surface area (Å²) in [6.07, 6.45) is 3.77. The number of hydrogen-bond acceptors (Lipinski definition) is 6. The minimum Gasteiger partial charge on any atom is -0.310 e. The number of aromatic nitrogens is 2. The topological polar surface area (TPSA) is 32.3 Å². The average molecular weight is 1060 g/mol. The Kier molecular flexibility index (Phi) is 10.9. The molecule has 0 aliphatic rings. The summed E-state index contributed by atoms with van der Waals surface area (Å²) in [5.41, 5.74) is 15.7. The molecule has 0 atom stereocenters. The molecule has 4 aromatic heterocycles. The van der Waals surface area contributed by atoms with Crippen LogP contribution < -0.4 is 9.80 Å². The molecule has 0 radical (unpaired) electrons. The normalized spacial score (nSPS) is 11.8. The third-order valence-electron chi connectivity index (χ3n) is 15.9. The van der Waals surface area contributed by atoms with E-state index in [9.17, 15) is 0 Å². The van der Waals surface area contributed by atoms with E-state index in [4.69, 9.17) is 9.97 Å². The summed E-state index contributed by atoms with van der Waals surface area (Å²) in [6.45, 7) is 0. The molecule has 16 aromatic rings. The minimum atomic E-state index is 0.949. The first-order chi connectivity index (χ1) is 39.7. The SMILES string of the molecule is c1ccc(-c2sc3cc(N(c4ccc5cccnc5c4)c4ccc5ccc6c(N(c7ccc8cccnc8c7)c7ccc8c(-c9ccccc9)c(-c9ccccc9)sc8c7)ccc7ccc4c5c76)ccc3c2-c2ccccc2)cc1. The smallest absolute Gasteiger partial charge is 0.0722 e. The van der Waals surface area contributed by atoms with E-state index in [1.54, 1.807) is 0 Å². The van der Waals surface area contributed by atoms with Crippen LogP contribution in [0.15, 0.2) is 279 Å². The fourth-order valence-corrected chi connectivity index (χ4v) is 14.7. The highest BCUT2D eigenvalue weighted by Gasteiger charge is 2.25. The fraction of sp³-hybridized carbons (Fsp3) is 0. The number of benzene rings is 12. The van der Waals surface area contributed by atoms with Crippen molar-refractivity contribution in [2.24, 2.45) is 0 Å². The molecule has 0 fully saturated rings. The largest absolute Gasteiger partial charge is 0.310 e. The average Bonchev–Trinajstić information content (AvgIpc) is 4.18. The van der Waals surface area contributed by atoms with Crippen LogP contribution in [0.2, 0.25) is 0 Å². The zero-order valence-electron chi connectivity index (χ0n) is 43.2. The van der Waals surface area contributed by atoms with Gasteiger partial charge in [-0.1, -0.05) is 194 Å². The third-order valence-corrected chi connectivity index (χ3v) is 18.3. The van der Waals surface area contributed by atoms with E-state index < -0.39 is 0 Å². The molecule has 6 heteroatoms. The number of hydrogen-bond donors (Lipinski definition) is 0. The minimum absolute atomic E-state index is 0.949. The third kappa shape index (κ3) is 7.64. The van der Waals surface area contributed by atoms with E-state index >= 15 is 0 Å². The summed E-state index contributed by atoms with van der Waals surface area (Å²) in [5, 5.41) is 11.9. The maximum Gasteiger partial charge on any atom is 0.0722 e. The number of pyridine rings is 2. The van der Waals surface area contributed by atoms with Crippen molar-refractivity contribution in [2.75, 3.05) is 9.80 Å². The molecule has 16 rings (SSSR count). The van der Waals surface area contributed by atoms with Crippen molar-refractivity contribution in [2.45, 2.75) is 0 Å². The van der Waals surface area contributed by atoms with Gasteiger partial charge in [-0.05, 0) is 117 Å². The second-order valence-corrected chi connectivity index (χ2v) is 22.6. The zero-order chi connectivity index (χ0) is 52.7. The summed E-state index contributed by atoms with van der Waals surface area (Å²) in [7, 11) is 0. The maximum atomic E-state index is 4.88. The van der Waals surface area contributed by atoms with Gasteiger partial charge < -0.3 is 9.80 Å². The first kappa shape index (κ1) is 46.1. The molecule has 0 amide bonds. The van der Waals surface area contributed by atoms with Gasteiger partial charge in [-0.25, -0.2) is 0 Å². The van der Waals surface area contributed by atoms with Crippen molar-refractivity contribution in [1.29, 1.82) is 0 Å². The Bertz CT molecular complexity index is 4700. The quantitative estimate of drug-likeness (QED) is 0.128. The number of thiophene rings is 2. The summed E-state index contributed by atoms with van der Waals surface area (Å²) in [4.78, 5) is 17.2. The van der Waals surface area contributed by atoms with Crippen LogP contribution in [0.1, 0.15) is 0 Å². The Hall–Kier alpha value is -9.98. The Morgan fingerprint density at radius 1 is 0.275 bits per heavy atom. The highest BCUT2D eigenvalue weighted by atomic mass is 32.1. The highest BCUT2D eigenvalue weighted by molar-refractivity contribution is 7.23. The predicted octanol–water partition coefficient (Wildman–Crippen LogP) is 21.7. The monoisotopic (exact) mass is 1050 g/mol.